The minimum absolute atomic E-state index is 0.0471. The summed E-state index contributed by atoms with van der Waals surface area (Å²) >= 11 is 5.63. The summed E-state index contributed by atoms with van der Waals surface area (Å²) in [6, 6.07) is 3.20. The van der Waals surface area contributed by atoms with Gasteiger partial charge in [-0.25, -0.2) is 4.79 Å². The van der Waals surface area contributed by atoms with Gasteiger partial charge in [-0.1, -0.05) is 11.6 Å². The van der Waals surface area contributed by atoms with Gasteiger partial charge in [-0.15, -0.1) is 10.2 Å². The van der Waals surface area contributed by atoms with Crippen molar-refractivity contribution < 1.29 is 19.1 Å². The predicted molar refractivity (Wildman–Crippen MR) is 70.4 cm³/mol. The third-order valence-corrected chi connectivity index (χ3v) is 2.98. The summed E-state index contributed by atoms with van der Waals surface area (Å²) in [6.45, 7) is 1.70. The number of aromatic nitrogens is 2. The van der Waals surface area contributed by atoms with Gasteiger partial charge in [0, 0.05) is 13.5 Å². The molecule has 1 aromatic rings. The molecule has 0 saturated carbocycles. The number of carbonyl (C=O) groups is 2. The number of likely N-dealkylation sites (N-methyl/N-ethyl adjacent to an activating group) is 1. The molecule has 0 radical (unpaired) electrons. The van der Waals surface area contributed by atoms with E-state index in [1.54, 1.807) is 31.0 Å². The van der Waals surface area contributed by atoms with E-state index in [2.05, 4.69) is 10.2 Å². The third kappa shape index (κ3) is 3.57. The fourth-order valence-electron chi connectivity index (χ4n) is 1.80. The van der Waals surface area contributed by atoms with Gasteiger partial charge in [0.15, 0.2) is 11.0 Å². The second kappa shape index (κ2) is 6.04. The molecule has 2 atom stereocenters. The second-order valence-corrected chi connectivity index (χ2v) is 4.92. The van der Waals surface area contributed by atoms with E-state index in [1.807, 2.05) is 0 Å². The molecule has 2 heterocycles. The van der Waals surface area contributed by atoms with Crippen molar-refractivity contribution in [2.45, 2.75) is 25.6 Å². The van der Waals surface area contributed by atoms with E-state index in [4.69, 9.17) is 21.1 Å². The number of hydrogen-bond acceptors (Lipinski definition) is 7. The first-order valence-corrected chi connectivity index (χ1v) is 6.44. The number of ether oxygens (including phenoxy) is 2. The molecule has 108 valence electrons. The van der Waals surface area contributed by atoms with Crippen molar-refractivity contribution in [1.82, 2.24) is 10.2 Å². The predicted octanol–water partition coefficient (Wildman–Crippen LogP) is 0.813. The van der Waals surface area contributed by atoms with E-state index in [9.17, 15) is 9.59 Å². The lowest BCUT2D eigenvalue weighted by Gasteiger charge is -2.17. The van der Waals surface area contributed by atoms with Crippen molar-refractivity contribution in [3.8, 4) is 0 Å². The molecule has 0 N–H and O–H groups in total. The first-order chi connectivity index (χ1) is 9.45. The fourth-order valence-corrected chi connectivity index (χ4v) is 1.90. The van der Waals surface area contributed by atoms with Gasteiger partial charge in [-0.05, 0) is 19.1 Å². The van der Waals surface area contributed by atoms with Crippen LogP contribution in [0.5, 0.6) is 0 Å². The Bertz CT molecular complexity index is 508. The Morgan fingerprint density at radius 2 is 2.30 bits per heavy atom. The van der Waals surface area contributed by atoms with Crippen molar-refractivity contribution in [3.63, 3.8) is 0 Å². The van der Waals surface area contributed by atoms with Crippen LogP contribution < -0.4 is 4.90 Å². The van der Waals surface area contributed by atoms with Gasteiger partial charge in [-0.3, -0.25) is 4.79 Å². The van der Waals surface area contributed by atoms with Gasteiger partial charge >= 0.3 is 11.9 Å². The summed E-state index contributed by atoms with van der Waals surface area (Å²) in [4.78, 5) is 24.7. The number of hydrogen-bond donors (Lipinski definition) is 0. The second-order valence-electron chi connectivity index (χ2n) is 4.53. The number of rotatable bonds is 4. The topological polar surface area (TPSA) is 81.6 Å². The van der Waals surface area contributed by atoms with Gasteiger partial charge in [-0.2, -0.15) is 0 Å². The molecule has 8 heteroatoms. The molecule has 20 heavy (non-hydrogen) atoms. The monoisotopic (exact) mass is 299 g/mol. The maximum atomic E-state index is 11.8. The highest BCUT2D eigenvalue weighted by Crippen LogP contribution is 2.18. The lowest BCUT2D eigenvalue weighted by atomic mass is 10.2. The van der Waals surface area contributed by atoms with E-state index in [-0.39, 0.29) is 17.8 Å². The van der Waals surface area contributed by atoms with E-state index < -0.39 is 18.0 Å². The molecule has 0 amide bonds. The minimum Gasteiger partial charge on any atom is -0.460 e. The smallest absolute Gasteiger partial charge is 0.347 e. The Kier molecular flexibility index (Phi) is 4.39. The van der Waals surface area contributed by atoms with Crippen LogP contribution >= 0.6 is 11.6 Å². The standard InChI is InChI=1S/C12H14ClN3O4/c1-7-5-8(12(18)19-7)20-11(17)6-16(2)10-4-3-9(13)14-15-10/h3-4,7-8H,5-6H2,1-2H3. The molecule has 2 rings (SSSR count). The zero-order valence-corrected chi connectivity index (χ0v) is 11.8. The summed E-state index contributed by atoms with van der Waals surface area (Å²) in [5.74, 6) is -0.547. The number of carbonyl (C=O) groups excluding carboxylic acids is 2. The molecule has 1 aromatic heterocycles. The van der Waals surface area contributed by atoms with Crippen LogP contribution in [0.2, 0.25) is 5.15 Å². The lowest BCUT2D eigenvalue weighted by molar-refractivity contribution is -0.159. The maximum Gasteiger partial charge on any atom is 0.347 e. The average Bonchev–Trinajstić information content (AvgIpc) is 2.68. The zero-order valence-electron chi connectivity index (χ0n) is 11.1. The van der Waals surface area contributed by atoms with Crippen LogP contribution in [-0.2, 0) is 19.1 Å². The van der Waals surface area contributed by atoms with Crippen LogP contribution in [0, 0.1) is 0 Å². The largest absolute Gasteiger partial charge is 0.460 e. The molecule has 1 aliphatic rings. The Morgan fingerprint density at radius 3 is 2.85 bits per heavy atom. The van der Waals surface area contributed by atoms with Crippen molar-refractivity contribution in [1.29, 1.82) is 0 Å². The normalized spacial score (nSPS) is 21.4. The number of esters is 2. The summed E-state index contributed by atoms with van der Waals surface area (Å²) < 4.78 is 9.99. The van der Waals surface area contributed by atoms with Gasteiger partial charge in [0.05, 0.1) is 0 Å². The molecular formula is C12H14ClN3O4. The first kappa shape index (κ1) is 14.5. The molecule has 7 nitrogen and oxygen atoms in total. The average molecular weight is 300 g/mol. The van der Waals surface area contributed by atoms with Crippen LogP contribution in [0.4, 0.5) is 5.82 Å². The lowest BCUT2D eigenvalue weighted by Crippen LogP contribution is -2.32. The number of halogens is 1. The van der Waals surface area contributed by atoms with Crippen molar-refractivity contribution >= 4 is 29.4 Å². The zero-order chi connectivity index (χ0) is 14.7. The molecule has 0 aliphatic carbocycles. The Balaban J connectivity index is 1.88. The SMILES string of the molecule is CC1CC(OC(=O)CN(C)c2ccc(Cl)nn2)C(=O)O1. The molecule has 1 aliphatic heterocycles. The fraction of sp³-hybridized carbons (Fsp3) is 0.500. The number of nitrogens with zero attached hydrogens (tertiary/aromatic N) is 3. The van der Waals surface area contributed by atoms with E-state index >= 15 is 0 Å². The first-order valence-electron chi connectivity index (χ1n) is 6.06. The Hall–Kier alpha value is -1.89. The summed E-state index contributed by atoms with van der Waals surface area (Å²) in [6.07, 6.45) is -0.656. The number of cyclic esters (lactones) is 1. The maximum absolute atomic E-state index is 11.8. The summed E-state index contributed by atoms with van der Waals surface area (Å²) in [7, 11) is 1.66. The third-order valence-electron chi connectivity index (χ3n) is 2.78. The van der Waals surface area contributed by atoms with E-state index in [1.165, 1.54) is 0 Å². The van der Waals surface area contributed by atoms with Crippen molar-refractivity contribution in [2.24, 2.45) is 0 Å². The Labute approximate surface area is 120 Å². The Morgan fingerprint density at radius 1 is 1.55 bits per heavy atom. The highest BCUT2D eigenvalue weighted by Gasteiger charge is 2.35. The number of anilines is 1. The molecule has 0 aromatic carbocycles. The van der Waals surface area contributed by atoms with Crippen LogP contribution in [-0.4, -0.2) is 47.9 Å². The molecule has 1 fully saturated rings. The highest BCUT2D eigenvalue weighted by molar-refractivity contribution is 6.29. The van der Waals surface area contributed by atoms with E-state index in [0.717, 1.165) is 0 Å². The van der Waals surface area contributed by atoms with Crippen LogP contribution in [0.15, 0.2) is 12.1 Å². The van der Waals surface area contributed by atoms with Crippen molar-refractivity contribution in [3.05, 3.63) is 17.3 Å². The van der Waals surface area contributed by atoms with E-state index in [0.29, 0.717) is 12.2 Å². The highest BCUT2D eigenvalue weighted by atomic mass is 35.5. The van der Waals surface area contributed by atoms with Gasteiger partial charge < -0.3 is 14.4 Å². The van der Waals surface area contributed by atoms with Crippen LogP contribution in [0.1, 0.15) is 13.3 Å². The van der Waals surface area contributed by atoms with Crippen LogP contribution in [0.3, 0.4) is 0 Å². The van der Waals surface area contributed by atoms with Gasteiger partial charge in [0.1, 0.15) is 12.6 Å². The molecule has 1 saturated heterocycles. The quantitative estimate of drug-likeness (QED) is 0.761. The molecule has 2 unspecified atom stereocenters. The summed E-state index contributed by atoms with van der Waals surface area (Å²) in [5, 5.41) is 7.79. The van der Waals surface area contributed by atoms with Crippen molar-refractivity contribution in [2.75, 3.05) is 18.5 Å². The van der Waals surface area contributed by atoms with Crippen LogP contribution in [0.25, 0.3) is 0 Å². The van der Waals surface area contributed by atoms with Gasteiger partial charge in [0.25, 0.3) is 0 Å². The van der Waals surface area contributed by atoms with Gasteiger partial charge in [0.2, 0.25) is 6.10 Å². The molecule has 0 bridgehead atoms. The molecule has 0 spiro atoms. The minimum atomic E-state index is -0.817. The molecular weight excluding hydrogens is 286 g/mol. The summed E-state index contributed by atoms with van der Waals surface area (Å²) in [5.41, 5.74) is 0.